The van der Waals surface area contributed by atoms with Crippen molar-refractivity contribution in [2.75, 3.05) is 18.1 Å². The average Bonchev–Trinajstić information content (AvgIpc) is 2.66. The third-order valence-electron chi connectivity index (χ3n) is 2.75. The molecule has 0 fully saturated rings. The molecule has 0 radical (unpaired) electrons. The lowest BCUT2D eigenvalue weighted by atomic mass is 10.4. The van der Waals surface area contributed by atoms with E-state index in [2.05, 4.69) is 34.7 Å². The van der Waals surface area contributed by atoms with Crippen LogP contribution in [-0.2, 0) is 11.5 Å². The maximum atomic E-state index is 5.76. The minimum atomic E-state index is -1.07. The number of rotatable bonds is 5. The van der Waals surface area contributed by atoms with Gasteiger partial charge in [-0.1, -0.05) is 19.6 Å². The smallest absolute Gasteiger partial charge is 0.224 e. The molecule has 7 nitrogen and oxygen atoms in total. The van der Waals surface area contributed by atoms with E-state index in [1.165, 1.54) is 0 Å². The lowest BCUT2D eigenvalue weighted by Crippen LogP contribution is -2.22. The highest BCUT2D eigenvalue weighted by molar-refractivity contribution is 6.76. The highest BCUT2D eigenvalue weighted by Crippen LogP contribution is 2.18. The second-order valence-corrected chi connectivity index (χ2v) is 11.3. The van der Waals surface area contributed by atoms with Gasteiger partial charge in [0.05, 0.1) is 11.6 Å². The molecule has 4 N–H and O–H groups in total. The molecule has 19 heavy (non-hydrogen) atoms. The second kappa shape index (κ2) is 5.14. The molecule has 0 aliphatic rings. The normalized spacial score (nSPS) is 12.2. The van der Waals surface area contributed by atoms with Crippen molar-refractivity contribution >= 4 is 30.9 Å². The van der Waals surface area contributed by atoms with Gasteiger partial charge in [-0.2, -0.15) is 15.1 Å². The van der Waals surface area contributed by atoms with E-state index in [0.29, 0.717) is 23.6 Å². The van der Waals surface area contributed by atoms with E-state index in [1.54, 1.807) is 10.9 Å². The van der Waals surface area contributed by atoms with Crippen molar-refractivity contribution in [3.05, 3.63) is 6.20 Å². The number of ether oxygens (including phenoxy) is 1. The summed E-state index contributed by atoms with van der Waals surface area (Å²) in [5.74, 6) is 0.490. The fourth-order valence-electron chi connectivity index (χ4n) is 1.62. The number of anilines is 2. The van der Waals surface area contributed by atoms with Crippen LogP contribution < -0.4 is 11.5 Å². The summed E-state index contributed by atoms with van der Waals surface area (Å²) in [7, 11) is -1.07. The van der Waals surface area contributed by atoms with Crippen LogP contribution in [0.15, 0.2) is 6.20 Å². The third-order valence-corrected chi connectivity index (χ3v) is 4.46. The van der Waals surface area contributed by atoms with Crippen LogP contribution in [0.25, 0.3) is 11.0 Å². The highest BCUT2D eigenvalue weighted by atomic mass is 28.3. The molecule has 0 atom stereocenters. The third kappa shape index (κ3) is 3.41. The second-order valence-electron chi connectivity index (χ2n) is 5.70. The molecule has 104 valence electrons. The number of nitrogens with zero attached hydrogens (tertiary/aromatic N) is 4. The number of nitrogens with two attached hydrogens (primary N) is 2. The van der Waals surface area contributed by atoms with Crippen LogP contribution >= 0.6 is 0 Å². The van der Waals surface area contributed by atoms with Gasteiger partial charge >= 0.3 is 0 Å². The van der Waals surface area contributed by atoms with E-state index in [9.17, 15) is 0 Å². The number of fused-ring (bicyclic) bond motifs is 1. The molecule has 2 aromatic heterocycles. The minimum absolute atomic E-state index is 0.147. The summed E-state index contributed by atoms with van der Waals surface area (Å²) >= 11 is 0. The van der Waals surface area contributed by atoms with Gasteiger partial charge in [-0.05, 0) is 6.04 Å². The maximum Gasteiger partial charge on any atom is 0.224 e. The summed E-state index contributed by atoms with van der Waals surface area (Å²) in [6.07, 6.45) is 1.63. The van der Waals surface area contributed by atoms with E-state index in [-0.39, 0.29) is 5.95 Å². The standard InChI is InChI=1S/C11H20N6OSi/c1-19(2,3)5-4-18-7-17-10-8(6-14-17)9(12)15-11(13)16-10/h6H,4-5,7H2,1-3H3,(H4,12,13,15,16). The van der Waals surface area contributed by atoms with Gasteiger partial charge in [0.2, 0.25) is 5.95 Å². The average molecular weight is 280 g/mol. The molecule has 0 bridgehead atoms. The Balaban J connectivity index is 2.05. The SMILES string of the molecule is C[Si](C)(C)CCOCn1ncc2c(N)nc(N)nc21. The summed E-state index contributed by atoms with van der Waals surface area (Å²) in [5, 5.41) is 4.89. The number of nitrogen functional groups attached to an aromatic ring is 2. The first-order chi connectivity index (χ1) is 8.87. The minimum Gasteiger partial charge on any atom is -0.383 e. The first kappa shape index (κ1) is 13.8. The van der Waals surface area contributed by atoms with Crippen molar-refractivity contribution in [2.45, 2.75) is 32.4 Å². The Bertz CT molecular complexity index is 576. The van der Waals surface area contributed by atoms with Crippen LogP contribution in [0.4, 0.5) is 11.8 Å². The van der Waals surface area contributed by atoms with Gasteiger partial charge in [-0.15, -0.1) is 0 Å². The Kier molecular flexibility index (Phi) is 3.72. The monoisotopic (exact) mass is 280 g/mol. The van der Waals surface area contributed by atoms with Gasteiger partial charge in [-0.25, -0.2) is 4.68 Å². The Hall–Kier alpha value is -1.67. The quantitative estimate of drug-likeness (QED) is 0.632. The van der Waals surface area contributed by atoms with E-state index < -0.39 is 8.07 Å². The van der Waals surface area contributed by atoms with Crippen LogP contribution in [0.2, 0.25) is 25.7 Å². The van der Waals surface area contributed by atoms with E-state index in [1.807, 2.05) is 0 Å². The van der Waals surface area contributed by atoms with Crippen LogP contribution in [0.1, 0.15) is 0 Å². The van der Waals surface area contributed by atoms with Crippen molar-refractivity contribution in [1.29, 1.82) is 0 Å². The molecule has 0 aliphatic heterocycles. The largest absolute Gasteiger partial charge is 0.383 e. The maximum absolute atomic E-state index is 5.76. The Morgan fingerprint density at radius 3 is 2.68 bits per heavy atom. The van der Waals surface area contributed by atoms with Gasteiger partial charge in [0, 0.05) is 14.7 Å². The fourth-order valence-corrected chi connectivity index (χ4v) is 2.38. The lowest BCUT2D eigenvalue weighted by Gasteiger charge is -2.15. The van der Waals surface area contributed by atoms with Crippen molar-refractivity contribution < 1.29 is 4.74 Å². The summed E-state index contributed by atoms with van der Waals surface area (Å²) in [4.78, 5) is 8.04. The Labute approximate surface area is 113 Å². The van der Waals surface area contributed by atoms with Crippen molar-refractivity contribution in [1.82, 2.24) is 19.7 Å². The molecule has 2 aromatic rings. The molecule has 2 heterocycles. The Morgan fingerprint density at radius 2 is 2.00 bits per heavy atom. The van der Waals surface area contributed by atoms with Crippen LogP contribution in [0, 0.1) is 0 Å². The van der Waals surface area contributed by atoms with Gasteiger partial charge in [0.1, 0.15) is 12.5 Å². The number of aromatic nitrogens is 4. The molecule has 0 aliphatic carbocycles. The molecule has 0 aromatic carbocycles. The molecule has 0 spiro atoms. The zero-order chi connectivity index (χ0) is 14.0. The predicted molar refractivity (Wildman–Crippen MR) is 78.3 cm³/mol. The van der Waals surface area contributed by atoms with Crippen molar-refractivity contribution in [3.63, 3.8) is 0 Å². The number of hydrogen-bond donors (Lipinski definition) is 2. The van der Waals surface area contributed by atoms with Crippen LogP contribution in [-0.4, -0.2) is 34.4 Å². The van der Waals surface area contributed by atoms with Crippen molar-refractivity contribution in [2.24, 2.45) is 0 Å². The topological polar surface area (TPSA) is 105 Å². The summed E-state index contributed by atoms with van der Waals surface area (Å²) in [6.45, 7) is 8.02. The molecule has 8 heteroatoms. The molecule has 0 amide bonds. The van der Waals surface area contributed by atoms with Gasteiger partial charge in [0.25, 0.3) is 0 Å². The summed E-state index contributed by atoms with van der Waals surface area (Å²) in [5.41, 5.74) is 12.0. The molecular formula is C11H20N6OSi. The molecule has 2 rings (SSSR count). The highest BCUT2D eigenvalue weighted by Gasteiger charge is 2.13. The van der Waals surface area contributed by atoms with Gasteiger partial charge in [0.15, 0.2) is 5.65 Å². The zero-order valence-electron chi connectivity index (χ0n) is 11.6. The predicted octanol–water partition coefficient (Wildman–Crippen LogP) is 1.30. The molecule has 0 unspecified atom stereocenters. The first-order valence-corrected chi connectivity index (χ1v) is 9.90. The van der Waals surface area contributed by atoms with E-state index in [0.717, 1.165) is 12.7 Å². The summed E-state index contributed by atoms with van der Waals surface area (Å²) in [6, 6.07) is 1.12. The van der Waals surface area contributed by atoms with Crippen molar-refractivity contribution in [3.8, 4) is 0 Å². The van der Waals surface area contributed by atoms with Crippen LogP contribution in [0.5, 0.6) is 0 Å². The van der Waals surface area contributed by atoms with Crippen LogP contribution in [0.3, 0.4) is 0 Å². The molecular weight excluding hydrogens is 260 g/mol. The molecule has 0 saturated carbocycles. The van der Waals surface area contributed by atoms with Gasteiger partial charge in [-0.3, -0.25) is 0 Å². The Morgan fingerprint density at radius 1 is 1.26 bits per heavy atom. The van der Waals surface area contributed by atoms with E-state index in [4.69, 9.17) is 16.2 Å². The van der Waals surface area contributed by atoms with E-state index >= 15 is 0 Å². The van der Waals surface area contributed by atoms with Gasteiger partial charge < -0.3 is 16.2 Å². The first-order valence-electron chi connectivity index (χ1n) is 6.19. The molecule has 0 saturated heterocycles. The lowest BCUT2D eigenvalue weighted by molar-refractivity contribution is 0.0813. The zero-order valence-corrected chi connectivity index (χ0v) is 12.6. The fraction of sp³-hybridized carbons (Fsp3) is 0.545. The summed E-state index contributed by atoms with van der Waals surface area (Å²) < 4.78 is 7.28. The number of hydrogen-bond acceptors (Lipinski definition) is 6.